The average Bonchev–Trinajstić information content (AvgIpc) is 2.82. The molecule has 15 heavy (non-hydrogen) atoms. The van der Waals surface area contributed by atoms with E-state index in [0.717, 1.165) is 11.1 Å². The van der Waals surface area contributed by atoms with E-state index in [9.17, 15) is 4.79 Å². The van der Waals surface area contributed by atoms with Crippen molar-refractivity contribution >= 4 is 11.5 Å². The fraction of sp³-hybridized carbons (Fsp3) is 0. The highest BCUT2D eigenvalue weighted by atomic mass is 16.4. The highest BCUT2D eigenvalue weighted by Gasteiger charge is 2.15. The van der Waals surface area contributed by atoms with E-state index in [2.05, 4.69) is 5.10 Å². The summed E-state index contributed by atoms with van der Waals surface area (Å²) in [5, 5.41) is 11.9. The number of aromatic carboxylic acids is 1. The topological polar surface area (TPSA) is 57.5 Å². The summed E-state index contributed by atoms with van der Waals surface area (Å²) < 4.78 is 1.71. The van der Waals surface area contributed by atoms with Crippen LogP contribution in [0.5, 0.6) is 0 Å². The van der Waals surface area contributed by atoms with E-state index in [1.165, 1.54) is 6.20 Å². The molecule has 1 aromatic heterocycles. The van der Waals surface area contributed by atoms with E-state index >= 15 is 0 Å². The van der Waals surface area contributed by atoms with Crippen LogP contribution in [0.3, 0.4) is 0 Å². The number of carboxylic acids is 1. The molecule has 4 nitrogen and oxygen atoms in total. The zero-order chi connectivity index (χ0) is 10.4. The highest BCUT2D eigenvalue weighted by Crippen LogP contribution is 2.29. The second-order valence-electron chi connectivity index (χ2n) is 3.42. The van der Waals surface area contributed by atoms with Crippen molar-refractivity contribution in [2.24, 2.45) is 0 Å². The van der Waals surface area contributed by atoms with Gasteiger partial charge in [0.05, 0.1) is 5.52 Å². The fourth-order valence-electron chi connectivity index (χ4n) is 1.90. The third-order valence-electron chi connectivity index (χ3n) is 2.58. The Morgan fingerprint density at radius 1 is 1.33 bits per heavy atom. The van der Waals surface area contributed by atoms with E-state index in [4.69, 9.17) is 5.11 Å². The van der Waals surface area contributed by atoms with Crippen molar-refractivity contribution in [1.29, 1.82) is 0 Å². The lowest BCUT2D eigenvalue weighted by molar-refractivity contribution is 0.0699. The number of hydrogen-bond acceptors (Lipinski definition) is 1. The number of nitrogens with one attached hydrogen (secondary N) is 1. The molecule has 1 aliphatic carbocycles. The minimum Gasteiger partial charge on any atom is -0.478 e. The number of aromatic nitrogens is 2. The fourth-order valence-corrected chi connectivity index (χ4v) is 1.90. The van der Waals surface area contributed by atoms with Crippen LogP contribution in [0.1, 0.15) is 10.4 Å². The lowest BCUT2D eigenvalue weighted by atomic mass is 10.1. The molecule has 1 aromatic rings. The normalized spacial score (nSPS) is 11.2. The summed E-state index contributed by atoms with van der Waals surface area (Å²) in [6.45, 7) is 0. The van der Waals surface area contributed by atoms with Crippen LogP contribution >= 0.6 is 0 Å². The van der Waals surface area contributed by atoms with Gasteiger partial charge in [-0.3, -0.25) is 4.52 Å². The highest BCUT2D eigenvalue weighted by molar-refractivity contribution is 6.01. The van der Waals surface area contributed by atoms with Gasteiger partial charge in [-0.25, -0.2) is 4.79 Å². The summed E-state index contributed by atoms with van der Waals surface area (Å²) in [6.07, 6.45) is 3.33. The monoisotopic (exact) mass is 200 g/mol. The van der Waals surface area contributed by atoms with Gasteiger partial charge < -0.3 is 10.2 Å². The molecule has 2 N–H and O–H groups in total. The summed E-state index contributed by atoms with van der Waals surface area (Å²) in [4.78, 5) is 11.0. The van der Waals surface area contributed by atoms with E-state index < -0.39 is 5.97 Å². The number of fused-ring (bicyclic) bond motifs is 3. The van der Waals surface area contributed by atoms with Gasteiger partial charge in [-0.2, -0.15) is 0 Å². The maximum Gasteiger partial charge on any atom is 0.339 e. The molecule has 0 unspecified atom stereocenters. The molecule has 0 saturated heterocycles. The first-order valence-electron chi connectivity index (χ1n) is 4.58. The van der Waals surface area contributed by atoms with Crippen molar-refractivity contribution in [3.63, 3.8) is 0 Å². The van der Waals surface area contributed by atoms with Gasteiger partial charge in [0.15, 0.2) is 0 Å². The number of H-pyrrole nitrogens is 1. The van der Waals surface area contributed by atoms with Gasteiger partial charge in [-0.15, -0.1) is 0 Å². The molecule has 74 valence electrons. The first-order valence-corrected chi connectivity index (χ1v) is 4.58. The van der Waals surface area contributed by atoms with Crippen molar-refractivity contribution in [2.75, 3.05) is 0 Å². The molecule has 0 saturated carbocycles. The standard InChI is InChI=1S/C11H8N2O2/c14-11(15)9-6-12-13-5-4-7-2-1-3-8(7)10(9)13/h1-6,12H,(H,14,15). The first-order chi connectivity index (χ1) is 7.27. The molecular formula is C11H8N2O2. The minimum atomic E-state index is -0.914. The van der Waals surface area contributed by atoms with Crippen molar-refractivity contribution in [3.8, 4) is 11.1 Å². The van der Waals surface area contributed by atoms with Gasteiger partial charge in [0.25, 0.3) is 0 Å². The Labute approximate surface area is 85.1 Å². The first kappa shape index (κ1) is 8.11. The van der Waals surface area contributed by atoms with E-state index in [1.54, 1.807) is 4.52 Å². The predicted molar refractivity (Wildman–Crippen MR) is 55.3 cm³/mol. The summed E-state index contributed by atoms with van der Waals surface area (Å²) >= 11 is 0. The molecular weight excluding hydrogens is 192 g/mol. The molecule has 0 bridgehead atoms. The van der Waals surface area contributed by atoms with Crippen LogP contribution in [0.2, 0.25) is 0 Å². The minimum absolute atomic E-state index is 0.298. The molecule has 4 heteroatoms. The Kier molecular flexibility index (Phi) is 1.42. The van der Waals surface area contributed by atoms with Crippen LogP contribution in [0.25, 0.3) is 16.6 Å². The third kappa shape index (κ3) is 0.985. The number of rotatable bonds is 1. The summed E-state index contributed by atoms with van der Waals surface area (Å²) in [5.74, 6) is -0.914. The summed E-state index contributed by atoms with van der Waals surface area (Å²) in [7, 11) is 0. The molecule has 0 aromatic carbocycles. The molecule has 2 heterocycles. The Morgan fingerprint density at radius 3 is 3.00 bits per heavy atom. The van der Waals surface area contributed by atoms with Crippen molar-refractivity contribution < 1.29 is 9.90 Å². The van der Waals surface area contributed by atoms with Crippen molar-refractivity contribution in [2.45, 2.75) is 0 Å². The van der Waals surface area contributed by atoms with Crippen LogP contribution in [-0.2, 0) is 0 Å². The predicted octanol–water partition coefficient (Wildman–Crippen LogP) is 2.07. The molecule has 0 atom stereocenters. The maximum absolute atomic E-state index is 11.0. The van der Waals surface area contributed by atoms with E-state index in [1.807, 2.05) is 30.5 Å². The number of nitrogens with zero attached hydrogens (tertiary/aromatic N) is 1. The second kappa shape index (κ2) is 2.63. The summed E-state index contributed by atoms with van der Waals surface area (Å²) in [6, 6.07) is 7.76. The van der Waals surface area contributed by atoms with Crippen molar-refractivity contribution in [3.05, 3.63) is 42.2 Å². The van der Waals surface area contributed by atoms with Crippen LogP contribution in [0.15, 0.2) is 36.7 Å². The Hall–Kier alpha value is -2.23. The molecule has 1 aliphatic heterocycles. The summed E-state index contributed by atoms with van der Waals surface area (Å²) in [5.41, 5.74) is 3.02. The van der Waals surface area contributed by atoms with Gasteiger partial charge in [-0.1, -0.05) is 18.2 Å². The quantitative estimate of drug-likeness (QED) is 0.631. The van der Waals surface area contributed by atoms with Gasteiger partial charge >= 0.3 is 5.97 Å². The van der Waals surface area contributed by atoms with Crippen LogP contribution in [0.4, 0.5) is 0 Å². The van der Waals surface area contributed by atoms with Crippen LogP contribution in [0, 0.1) is 0 Å². The Balaban J connectivity index is 2.50. The number of carboxylic acid groups (broad SMARTS) is 1. The molecule has 2 aliphatic rings. The average molecular weight is 200 g/mol. The molecule has 0 fully saturated rings. The van der Waals surface area contributed by atoms with Crippen LogP contribution < -0.4 is 0 Å². The second-order valence-corrected chi connectivity index (χ2v) is 3.42. The number of hydrogen-bond donors (Lipinski definition) is 2. The van der Waals surface area contributed by atoms with Gasteiger partial charge in [0.2, 0.25) is 0 Å². The largest absolute Gasteiger partial charge is 0.478 e. The lowest BCUT2D eigenvalue weighted by Gasteiger charge is -2.02. The Morgan fingerprint density at radius 2 is 2.20 bits per heavy atom. The molecule has 3 rings (SSSR count). The lowest BCUT2D eigenvalue weighted by Crippen LogP contribution is -1.96. The van der Waals surface area contributed by atoms with Gasteiger partial charge in [0.1, 0.15) is 5.56 Å². The van der Waals surface area contributed by atoms with E-state index in [0.29, 0.717) is 11.1 Å². The van der Waals surface area contributed by atoms with E-state index in [-0.39, 0.29) is 0 Å². The zero-order valence-electron chi connectivity index (χ0n) is 7.77. The van der Waals surface area contributed by atoms with Crippen molar-refractivity contribution in [1.82, 2.24) is 9.61 Å². The molecule has 0 amide bonds. The smallest absolute Gasteiger partial charge is 0.339 e. The van der Waals surface area contributed by atoms with Gasteiger partial charge in [-0.05, 0) is 11.6 Å². The SMILES string of the molecule is O=C(O)c1c[nH]n2ccc3cccc-3c12. The van der Waals surface area contributed by atoms with Crippen LogP contribution in [-0.4, -0.2) is 20.7 Å². The number of aromatic amines is 1. The Bertz CT molecular complexity index is 621. The molecule has 0 spiro atoms. The third-order valence-corrected chi connectivity index (χ3v) is 2.58. The zero-order valence-corrected chi connectivity index (χ0v) is 7.77. The molecule has 0 radical (unpaired) electrons. The number of pyridine rings is 1. The van der Waals surface area contributed by atoms with Gasteiger partial charge in [0, 0.05) is 18.0 Å². The number of carbonyl (C=O) groups is 1. The maximum atomic E-state index is 11.0.